The number of rotatable bonds is 4. The second kappa shape index (κ2) is 5.90. The Bertz CT molecular complexity index is 788. The summed E-state index contributed by atoms with van der Waals surface area (Å²) in [4.78, 5) is 4.42. The maximum Gasteiger partial charge on any atom is 0.257 e. The smallest absolute Gasteiger partial charge is 0.257 e. The molecule has 0 aliphatic heterocycles. The van der Waals surface area contributed by atoms with Crippen LogP contribution in [0.2, 0.25) is 0 Å². The van der Waals surface area contributed by atoms with E-state index in [0.717, 1.165) is 22.4 Å². The van der Waals surface area contributed by atoms with Gasteiger partial charge >= 0.3 is 0 Å². The minimum Gasteiger partial charge on any atom is -0.496 e. The standard InChI is InChI=1S/C16H12N2O2S/c1-19-14-7-6-11(9-17)8-12(14)10-21-16-18-13-4-2-3-5-15(13)20-16/h2-8H,10H2,1H3. The number of hydrogen-bond donors (Lipinski definition) is 0. The van der Waals surface area contributed by atoms with Crippen LogP contribution in [0.3, 0.4) is 0 Å². The molecule has 0 N–H and O–H groups in total. The highest BCUT2D eigenvalue weighted by Gasteiger charge is 2.09. The van der Waals surface area contributed by atoms with Crippen LogP contribution in [0.15, 0.2) is 52.1 Å². The number of methoxy groups -OCH3 is 1. The van der Waals surface area contributed by atoms with Gasteiger partial charge in [-0.2, -0.15) is 5.26 Å². The van der Waals surface area contributed by atoms with E-state index in [-0.39, 0.29) is 0 Å². The first kappa shape index (κ1) is 13.5. The maximum atomic E-state index is 8.98. The van der Waals surface area contributed by atoms with E-state index in [1.807, 2.05) is 30.3 Å². The number of nitrogens with zero attached hydrogens (tertiary/aromatic N) is 2. The Hall–Kier alpha value is -2.45. The van der Waals surface area contributed by atoms with Gasteiger partial charge in [0.2, 0.25) is 0 Å². The van der Waals surface area contributed by atoms with Gasteiger partial charge in [0, 0.05) is 11.3 Å². The van der Waals surface area contributed by atoms with Crippen LogP contribution in [0.5, 0.6) is 5.75 Å². The van der Waals surface area contributed by atoms with Crippen LogP contribution in [0.25, 0.3) is 11.1 Å². The van der Waals surface area contributed by atoms with E-state index in [1.165, 1.54) is 11.8 Å². The lowest BCUT2D eigenvalue weighted by molar-refractivity contribution is 0.411. The van der Waals surface area contributed by atoms with Gasteiger partial charge in [0.15, 0.2) is 5.58 Å². The van der Waals surface area contributed by atoms with Crippen LogP contribution < -0.4 is 4.74 Å². The van der Waals surface area contributed by atoms with E-state index in [2.05, 4.69) is 11.1 Å². The van der Waals surface area contributed by atoms with Crippen molar-refractivity contribution in [3.63, 3.8) is 0 Å². The topological polar surface area (TPSA) is 59.0 Å². The number of fused-ring (bicyclic) bond motifs is 1. The second-order valence-corrected chi connectivity index (χ2v) is 5.30. The molecular formula is C16H12N2O2S. The molecule has 0 amide bonds. The molecule has 3 aromatic rings. The Morgan fingerprint density at radius 2 is 2.14 bits per heavy atom. The Morgan fingerprint density at radius 3 is 2.90 bits per heavy atom. The molecular weight excluding hydrogens is 284 g/mol. The molecule has 5 heteroatoms. The second-order valence-electron chi connectivity index (χ2n) is 4.37. The van der Waals surface area contributed by atoms with E-state index in [1.54, 1.807) is 19.2 Å². The number of benzene rings is 2. The monoisotopic (exact) mass is 296 g/mol. The van der Waals surface area contributed by atoms with Gasteiger partial charge in [0.25, 0.3) is 5.22 Å². The number of oxazole rings is 1. The quantitative estimate of drug-likeness (QED) is 0.681. The molecule has 104 valence electrons. The third-order valence-corrected chi connectivity index (χ3v) is 3.91. The highest BCUT2D eigenvalue weighted by atomic mass is 32.2. The van der Waals surface area contributed by atoms with E-state index < -0.39 is 0 Å². The zero-order valence-electron chi connectivity index (χ0n) is 11.4. The van der Waals surface area contributed by atoms with Crippen molar-refractivity contribution in [2.45, 2.75) is 11.0 Å². The average molecular weight is 296 g/mol. The van der Waals surface area contributed by atoms with Crippen molar-refractivity contribution in [2.75, 3.05) is 7.11 Å². The number of hydrogen-bond acceptors (Lipinski definition) is 5. The van der Waals surface area contributed by atoms with Crippen LogP contribution in [0.1, 0.15) is 11.1 Å². The van der Waals surface area contributed by atoms with Crippen molar-refractivity contribution >= 4 is 22.9 Å². The number of ether oxygens (including phenoxy) is 1. The van der Waals surface area contributed by atoms with Crippen molar-refractivity contribution in [1.29, 1.82) is 5.26 Å². The summed E-state index contributed by atoms with van der Waals surface area (Å²) in [5.41, 5.74) is 3.18. The van der Waals surface area contributed by atoms with Gasteiger partial charge in [-0.3, -0.25) is 0 Å². The first-order chi connectivity index (χ1) is 10.3. The van der Waals surface area contributed by atoms with Crippen LogP contribution in [-0.4, -0.2) is 12.1 Å². The van der Waals surface area contributed by atoms with Gasteiger partial charge in [0.05, 0.1) is 18.7 Å². The predicted molar refractivity (Wildman–Crippen MR) is 81.3 cm³/mol. The summed E-state index contributed by atoms with van der Waals surface area (Å²) in [5.74, 6) is 1.39. The maximum absolute atomic E-state index is 8.98. The molecule has 4 nitrogen and oxygen atoms in total. The van der Waals surface area contributed by atoms with Gasteiger partial charge in [-0.1, -0.05) is 23.9 Å². The van der Waals surface area contributed by atoms with E-state index in [9.17, 15) is 0 Å². The first-order valence-corrected chi connectivity index (χ1v) is 7.34. The largest absolute Gasteiger partial charge is 0.496 e. The molecule has 0 radical (unpaired) electrons. The average Bonchev–Trinajstić information content (AvgIpc) is 2.95. The van der Waals surface area contributed by atoms with Crippen LogP contribution in [0.4, 0.5) is 0 Å². The highest BCUT2D eigenvalue weighted by Crippen LogP contribution is 2.30. The summed E-state index contributed by atoms with van der Waals surface area (Å²) >= 11 is 1.48. The van der Waals surface area contributed by atoms with Gasteiger partial charge in [-0.15, -0.1) is 0 Å². The van der Waals surface area contributed by atoms with Gasteiger partial charge in [-0.25, -0.2) is 4.98 Å². The van der Waals surface area contributed by atoms with Crippen LogP contribution in [0, 0.1) is 11.3 Å². The van der Waals surface area contributed by atoms with Crippen molar-refractivity contribution in [3.05, 3.63) is 53.6 Å². The molecule has 2 aromatic carbocycles. The molecule has 1 heterocycles. The van der Waals surface area contributed by atoms with Crippen LogP contribution in [-0.2, 0) is 5.75 Å². The van der Waals surface area contributed by atoms with Crippen molar-refractivity contribution in [3.8, 4) is 11.8 Å². The Kier molecular flexibility index (Phi) is 3.80. The summed E-state index contributed by atoms with van der Waals surface area (Å²) in [5, 5.41) is 9.59. The fourth-order valence-corrected chi connectivity index (χ4v) is 2.83. The molecule has 0 bridgehead atoms. The minimum absolute atomic E-state index is 0.612. The third-order valence-electron chi connectivity index (χ3n) is 3.03. The number of nitriles is 1. The first-order valence-electron chi connectivity index (χ1n) is 6.35. The summed E-state index contributed by atoms with van der Waals surface area (Å²) < 4.78 is 11.0. The van der Waals surface area contributed by atoms with Gasteiger partial charge in [0.1, 0.15) is 11.3 Å². The van der Waals surface area contributed by atoms with Crippen molar-refractivity contribution in [2.24, 2.45) is 0 Å². The molecule has 0 saturated carbocycles. The van der Waals surface area contributed by atoms with Gasteiger partial charge in [-0.05, 0) is 30.3 Å². The van der Waals surface area contributed by atoms with Crippen molar-refractivity contribution in [1.82, 2.24) is 4.98 Å². The molecule has 0 saturated heterocycles. The molecule has 0 fully saturated rings. The Balaban J connectivity index is 1.82. The van der Waals surface area contributed by atoms with Gasteiger partial charge < -0.3 is 9.15 Å². The summed E-state index contributed by atoms with van der Waals surface area (Å²) in [6.45, 7) is 0. The van der Waals surface area contributed by atoms with E-state index in [4.69, 9.17) is 14.4 Å². The van der Waals surface area contributed by atoms with E-state index >= 15 is 0 Å². The summed E-state index contributed by atoms with van der Waals surface area (Å²) in [7, 11) is 1.62. The third kappa shape index (κ3) is 2.86. The highest BCUT2D eigenvalue weighted by molar-refractivity contribution is 7.98. The summed E-state index contributed by atoms with van der Waals surface area (Å²) in [6.07, 6.45) is 0. The molecule has 0 aliphatic carbocycles. The Morgan fingerprint density at radius 1 is 1.29 bits per heavy atom. The molecule has 1 aromatic heterocycles. The molecule has 0 spiro atoms. The molecule has 3 rings (SSSR count). The number of aromatic nitrogens is 1. The Labute approximate surface area is 126 Å². The normalized spacial score (nSPS) is 10.5. The summed E-state index contributed by atoms with van der Waals surface area (Å²) in [6, 6.07) is 15.2. The molecule has 21 heavy (non-hydrogen) atoms. The lowest BCUT2D eigenvalue weighted by Crippen LogP contribution is -1.91. The zero-order valence-corrected chi connectivity index (χ0v) is 12.2. The number of thioether (sulfide) groups is 1. The fourth-order valence-electron chi connectivity index (χ4n) is 2.01. The van der Waals surface area contributed by atoms with Crippen LogP contribution >= 0.6 is 11.8 Å². The lowest BCUT2D eigenvalue weighted by Gasteiger charge is -2.07. The molecule has 0 atom stereocenters. The predicted octanol–water partition coefficient (Wildman–Crippen LogP) is 4.00. The van der Waals surface area contributed by atoms with E-state index in [0.29, 0.717) is 16.5 Å². The van der Waals surface area contributed by atoms with Crippen molar-refractivity contribution < 1.29 is 9.15 Å². The SMILES string of the molecule is COc1ccc(C#N)cc1CSc1nc2ccccc2o1. The molecule has 0 unspecified atom stereocenters. The lowest BCUT2D eigenvalue weighted by atomic mass is 10.1. The fraction of sp³-hybridized carbons (Fsp3) is 0.125. The molecule has 0 aliphatic rings. The zero-order chi connectivity index (χ0) is 14.7. The minimum atomic E-state index is 0.612. The number of para-hydroxylation sites is 2.